The molecule has 0 aromatic carbocycles. The molecule has 0 radical (unpaired) electrons. The quantitative estimate of drug-likeness (QED) is 0.790. The number of amides is 1. The Morgan fingerprint density at radius 1 is 1.41 bits per heavy atom. The normalized spacial score (nSPS) is 19.1. The molecule has 1 saturated heterocycles. The van der Waals surface area contributed by atoms with Crippen molar-refractivity contribution >= 4 is 5.91 Å². The number of pyridine rings is 1. The van der Waals surface area contributed by atoms with Gasteiger partial charge in [-0.05, 0) is 11.6 Å². The Kier molecular flexibility index (Phi) is 3.36. The first-order valence-electron chi connectivity index (χ1n) is 5.61. The Morgan fingerprint density at radius 2 is 2.12 bits per heavy atom. The minimum absolute atomic E-state index is 0.103. The summed E-state index contributed by atoms with van der Waals surface area (Å²) in [6.45, 7) is 0.290. The van der Waals surface area contributed by atoms with Gasteiger partial charge in [0.05, 0.1) is 6.42 Å². The summed E-state index contributed by atoms with van der Waals surface area (Å²) in [4.78, 5) is 17.3. The Bertz CT molecular complexity index is 385. The van der Waals surface area contributed by atoms with Crippen LogP contribution < -0.4 is 0 Å². The van der Waals surface area contributed by atoms with Gasteiger partial charge in [-0.15, -0.1) is 0 Å². The monoisotopic (exact) mass is 240 g/mol. The maximum atomic E-state index is 12.9. The molecule has 0 spiro atoms. The molecule has 2 rings (SSSR count). The number of carbonyl (C=O) groups excluding carboxylic acids is 1. The number of alkyl halides is 2. The molecule has 2 heterocycles. The fourth-order valence-electron chi connectivity index (χ4n) is 1.87. The summed E-state index contributed by atoms with van der Waals surface area (Å²) < 4.78 is 25.8. The van der Waals surface area contributed by atoms with Crippen molar-refractivity contribution in [2.24, 2.45) is 0 Å². The second-order valence-corrected chi connectivity index (χ2v) is 4.27. The van der Waals surface area contributed by atoms with Crippen molar-refractivity contribution in [3.63, 3.8) is 0 Å². The van der Waals surface area contributed by atoms with E-state index in [1.54, 1.807) is 18.5 Å². The number of carbonyl (C=O) groups is 1. The SMILES string of the molecule is O=C(Cc1cccnc1)N1CCC(F)(F)CC1. The second kappa shape index (κ2) is 4.77. The van der Waals surface area contributed by atoms with Gasteiger partial charge in [0.25, 0.3) is 5.92 Å². The molecule has 1 aliphatic rings. The van der Waals surface area contributed by atoms with E-state index in [9.17, 15) is 13.6 Å². The van der Waals surface area contributed by atoms with Gasteiger partial charge < -0.3 is 4.90 Å². The van der Waals surface area contributed by atoms with Gasteiger partial charge in [0.2, 0.25) is 5.91 Å². The van der Waals surface area contributed by atoms with E-state index in [0.717, 1.165) is 5.56 Å². The van der Waals surface area contributed by atoms with Crippen LogP contribution in [-0.2, 0) is 11.2 Å². The fourth-order valence-corrected chi connectivity index (χ4v) is 1.87. The molecule has 3 nitrogen and oxygen atoms in total. The predicted molar refractivity (Wildman–Crippen MR) is 58.7 cm³/mol. The zero-order valence-corrected chi connectivity index (χ0v) is 9.40. The highest BCUT2D eigenvalue weighted by Crippen LogP contribution is 2.27. The van der Waals surface area contributed by atoms with Crippen LogP contribution >= 0.6 is 0 Å². The minimum atomic E-state index is -2.61. The van der Waals surface area contributed by atoms with Crippen LogP contribution in [0.1, 0.15) is 18.4 Å². The van der Waals surface area contributed by atoms with Crippen LogP contribution in [0.15, 0.2) is 24.5 Å². The zero-order chi connectivity index (χ0) is 12.3. The highest BCUT2D eigenvalue weighted by molar-refractivity contribution is 5.78. The number of hydrogen-bond donors (Lipinski definition) is 0. The van der Waals surface area contributed by atoms with Crippen molar-refractivity contribution in [2.75, 3.05) is 13.1 Å². The first-order valence-corrected chi connectivity index (χ1v) is 5.61. The van der Waals surface area contributed by atoms with E-state index in [-0.39, 0.29) is 38.3 Å². The molecule has 0 bridgehead atoms. The average Bonchev–Trinajstić information content (AvgIpc) is 2.30. The lowest BCUT2D eigenvalue weighted by Crippen LogP contribution is -2.43. The van der Waals surface area contributed by atoms with Gasteiger partial charge in [0.15, 0.2) is 0 Å². The molecule has 1 fully saturated rings. The van der Waals surface area contributed by atoms with Crippen molar-refractivity contribution in [1.82, 2.24) is 9.88 Å². The molecule has 0 N–H and O–H groups in total. The van der Waals surface area contributed by atoms with E-state index < -0.39 is 5.92 Å². The number of hydrogen-bond acceptors (Lipinski definition) is 2. The second-order valence-electron chi connectivity index (χ2n) is 4.27. The number of likely N-dealkylation sites (tertiary alicyclic amines) is 1. The van der Waals surface area contributed by atoms with E-state index >= 15 is 0 Å². The van der Waals surface area contributed by atoms with Crippen molar-refractivity contribution in [3.05, 3.63) is 30.1 Å². The number of rotatable bonds is 2. The van der Waals surface area contributed by atoms with Crippen LogP contribution in [0.3, 0.4) is 0 Å². The van der Waals surface area contributed by atoms with E-state index in [1.165, 1.54) is 4.90 Å². The van der Waals surface area contributed by atoms with Gasteiger partial charge in [-0.3, -0.25) is 9.78 Å². The fraction of sp³-hybridized carbons (Fsp3) is 0.500. The Labute approximate surface area is 98.5 Å². The smallest absolute Gasteiger partial charge is 0.251 e. The summed E-state index contributed by atoms with van der Waals surface area (Å²) in [5.41, 5.74) is 0.815. The van der Waals surface area contributed by atoms with Crippen LogP contribution in [0.4, 0.5) is 8.78 Å². The Balaban J connectivity index is 1.90. The summed E-state index contributed by atoms with van der Waals surface area (Å²) in [7, 11) is 0. The lowest BCUT2D eigenvalue weighted by atomic mass is 10.1. The first-order chi connectivity index (χ1) is 8.07. The van der Waals surface area contributed by atoms with Gasteiger partial charge in [-0.2, -0.15) is 0 Å². The standard InChI is InChI=1S/C12H14F2N2O/c13-12(14)3-6-16(7-4-12)11(17)8-10-2-1-5-15-9-10/h1-2,5,9H,3-4,6-8H2. The van der Waals surface area contributed by atoms with Crippen molar-refractivity contribution < 1.29 is 13.6 Å². The van der Waals surface area contributed by atoms with Gasteiger partial charge in [0.1, 0.15) is 0 Å². The van der Waals surface area contributed by atoms with Crippen molar-refractivity contribution in [1.29, 1.82) is 0 Å². The lowest BCUT2D eigenvalue weighted by Gasteiger charge is -2.31. The summed E-state index contributed by atoms with van der Waals surface area (Å²) in [6.07, 6.45) is 3.03. The van der Waals surface area contributed by atoms with Crippen LogP contribution in [0, 0.1) is 0 Å². The maximum absolute atomic E-state index is 12.9. The Morgan fingerprint density at radius 3 is 2.71 bits per heavy atom. The number of piperidine rings is 1. The molecule has 5 heteroatoms. The third-order valence-electron chi connectivity index (χ3n) is 2.93. The third-order valence-corrected chi connectivity index (χ3v) is 2.93. The molecule has 0 saturated carbocycles. The van der Waals surface area contributed by atoms with Crippen molar-refractivity contribution in [2.45, 2.75) is 25.2 Å². The van der Waals surface area contributed by atoms with E-state index in [4.69, 9.17) is 0 Å². The molecular formula is C12H14F2N2O. The van der Waals surface area contributed by atoms with Crippen LogP contribution in [0.5, 0.6) is 0 Å². The zero-order valence-electron chi connectivity index (χ0n) is 9.40. The molecule has 1 amide bonds. The summed E-state index contributed by atoms with van der Waals surface area (Å²) in [5.74, 6) is -2.71. The molecule has 1 aliphatic heterocycles. The summed E-state index contributed by atoms with van der Waals surface area (Å²) in [6, 6.07) is 3.57. The van der Waals surface area contributed by atoms with Crippen LogP contribution in [-0.4, -0.2) is 34.8 Å². The molecule has 1 aromatic rings. The van der Waals surface area contributed by atoms with E-state index in [1.807, 2.05) is 6.07 Å². The minimum Gasteiger partial charge on any atom is -0.342 e. The maximum Gasteiger partial charge on any atom is 0.251 e. The van der Waals surface area contributed by atoms with E-state index in [0.29, 0.717) is 0 Å². The summed E-state index contributed by atoms with van der Waals surface area (Å²) in [5, 5.41) is 0. The number of halogens is 2. The molecule has 0 aliphatic carbocycles. The molecule has 1 aromatic heterocycles. The first kappa shape index (κ1) is 12.0. The van der Waals surface area contributed by atoms with E-state index in [2.05, 4.69) is 4.98 Å². The molecule has 0 atom stereocenters. The molecular weight excluding hydrogens is 226 g/mol. The molecule has 17 heavy (non-hydrogen) atoms. The largest absolute Gasteiger partial charge is 0.342 e. The highest BCUT2D eigenvalue weighted by Gasteiger charge is 2.35. The van der Waals surface area contributed by atoms with Gasteiger partial charge in [-0.1, -0.05) is 6.07 Å². The third kappa shape index (κ3) is 3.22. The van der Waals surface area contributed by atoms with Crippen molar-refractivity contribution in [3.8, 4) is 0 Å². The van der Waals surface area contributed by atoms with Gasteiger partial charge >= 0.3 is 0 Å². The van der Waals surface area contributed by atoms with Gasteiger partial charge in [0, 0.05) is 38.3 Å². The van der Waals surface area contributed by atoms with Crippen LogP contribution in [0.25, 0.3) is 0 Å². The topological polar surface area (TPSA) is 33.2 Å². The highest BCUT2D eigenvalue weighted by atomic mass is 19.3. The average molecular weight is 240 g/mol. The molecule has 0 unspecified atom stereocenters. The number of nitrogens with zero attached hydrogens (tertiary/aromatic N) is 2. The predicted octanol–water partition coefficient (Wildman–Crippen LogP) is 1.88. The summed E-state index contributed by atoms with van der Waals surface area (Å²) >= 11 is 0. The van der Waals surface area contributed by atoms with Gasteiger partial charge in [-0.25, -0.2) is 8.78 Å². The number of aromatic nitrogens is 1. The molecule has 92 valence electrons. The van der Waals surface area contributed by atoms with Crippen LogP contribution in [0.2, 0.25) is 0 Å². The Hall–Kier alpha value is -1.52. The lowest BCUT2D eigenvalue weighted by molar-refractivity contribution is -0.136.